The molecule has 0 bridgehead atoms. The first kappa shape index (κ1) is 19.0. The molecule has 0 aromatic heterocycles. The van der Waals surface area contributed by atoms with Gasteiger partial charge in [-0.05, 0) is 48.5 Å². The highest BCUT2D eigenvalue weighted by atomic mass is 79.9. The van der Waals surface area contributed by atoms with Crippen molar-refractivity contribution >= 4 is 55.4 Å². The fraction of sp³-hybridized carbons (Fsp3) is 0.0500. The molecule has 0 fully saturated rings. The maximum absolute atomic E-state index is 6.19. The minimum Gasteiger partial charge on any atom is -0.488 e. The van der Waals surface area contributed by atoms with Crippen molar-refractivity contribution in [2.24, 2.45) is 5.10 Å². The van der Waals surface area contributed by atoms with Gasteiger partial charge in [0.25, 0.3) is 0 Å². The van der Waals surface area contributed by atoms with E-state index >= 15 is 0 Å². The predicted octanol–water partition coefficient (Wildman–Crippen LogP) is 6.89. The number of ether oxygens (including phenoxy) is 1. The van der Waals surface area contributed by atoms with Gasteiger partial charge in [0.15, 0.2) is 0 Å². The Morgan fingerprint density at radius 3 is 2.46 bits per heavy atom. The molecule has 0 spiro atoms. The maximum atomic E-state index is 6.19. The van der Waals surface area contributed by atoms with Gasteiger partial charge in [0.2, 0.25) is 0 Å². The lowest BCUT2D eigenvalue weighted by Gasteiger charge is -2.10. The van der Waals surface area contributed by atoms with Gasteiger partial charge in [-0.15, -0.1) is 0 Å². The topological polar surface area (TPSA) is 33.6 Å². The molecule has 0 aliphatic heterocycles. The Morgan fingerprint density at radius 2 is 1.69 bits per heavy atom. The van der Waals surface area contributed by atoms with Gasteiger partial charge in [-0.25, -0.2) is 0 Å². The molecule has 26 heavy (non-hydrogen) atoms. The lowest BCUT2D eigenvalue weighted by Crippen LogP contribution is -2.00. The van der Waals surface area contributed by atoms with Gasteiger partial charge in [-0.3, -0.25) is 5.43 Å². The van der Waals surface area contributed by atoms with E-state index < -0.39 is 0 Å². The average Bonchev–Trinajstić information content (AvgIpc) is 2.64. The predicted molar refractivity (Wildman–Crippen MR) is 115 cm³/mol. The summed E-state index contributed by atoms with van der Waals surface area (Å²) in [7, 11) is 0. The van der Waals surface area contributed by atoms with Crippen molar-refractivity contribution in [1.82, 2.24) is 0 Å². The largest absolute Gasteiger partial charge is 0.488 e. The monoisotopic (exact) mass is 492 g/mol. The van der Waals surface area contributed by atoms with Crippen LogP contribution in [0.4, 0.5) is 5.69 Å². The van der Waals surface area contributed by atoms with Crippen molar-refractivity contribution in [3.8, 4) is 5.75 Å². The minimum atomic E-state index is 0.391. The van der Waals surface area contributed by atoms with Gasteiger partial charge in [0.1, 0.15) is 12.4 Å². The molecule has 3 aromatic rings. The Balaban J connectivity index is 1.72. The van der Waals surface area contributed by atoms with Crippen LogP contribution < -0.4 is 10.2 Å². The van der Waals surface area contributed by atoms with Gasteiger partial charge in [0, 0.05) is 25.1 Å². The number of rotatable bonds is 6. The summed E-state index contributed by atoms with van der Waals surface area (Å²) in [6.07, 6.45) is 1.73. The molecular weight excluding hydrogens is 479 g/mol. The van der Waals surface area contributed by atoms with Crippen molar-refractivity contribution in [2.45, 2.75) is 6.61 Å². The van der Waals surface area contributed by atoms with Crippen LogP contribution in [0.3, 0.4) is 0 Å². The summed E-state index contributed by atoms with van der Waals surface area (Å²) in [5.41, 5.74) is 5.70. The van der Waals surface area contributed by atoms with E-state index in [1.54, 1.807) is 6.21 Å². The third kappa shape index (κ3) is 5.34. The molecule has 0 saturated heterocycles. The average molecular weight is 495 g/mol. The first-order valence-electron chi connectivity index (χ1n) is 7.82. The van der Waals surface area contributed by atoms with Crippen molar-refractivity contribution in [2.75, 3.05) is 5.43 Å². The van der Waals surface area contributed by atoms with Crippen LogP contribution in [0, 0.1) is 0 Å². The number of benzene rings is 3. The second-order valence-electron chi connectivity index (χ2n) is 5.44. The summed E-state index contributed by atoms with van der Waals surface area (Å²) in [5, 5.41) is 4.99. The van der Waals surface area contributed by atoms with E-state index in [2.05, 4.69) is 42.4 Å². The first-order valence-corrected chi connectivity index (χ1v) is 9.78. The Kier molecular flexibility index (Phi) is 6.72. The fourth-order valence-corrected chi connectivity index (χ4v) is 3.06. The Labute approximate surface area is 174 Å². The van der Waals surface area contributed by atoms with E-state index in [4.69, 9.17) is 16.3 Å². The highest BCUT2D eigenvalue weighted by molar-refractivity contribution is 9.10. The number of hydrogen-bond donors (Lipinski definition) is 1. The number of nitrogens with one attached hydrogen (secondary N) is 1. The summed E-state index contributed by atoms with van der Waals surface area (Å²) in [5.74, 6) is 0.731. The number of hydrazone groups is 1. The smallest absolute Gasteiger partial charge is 0.128 e. The summed E-state index contributed by atoms with van der Waals surface area (Å²) in [4.78, 5) is 0. The van der Waals surface area contributed by atoms with Crippen molar-refractivity contribution in [3.63, 3.8) is 0 Å². The zero-order chi connectivity index (χ0) is 18.4. The molecule has 0 amide bonds. The molecule has 0 radical (unpaired) electrons. The summed E-state index contributed by atoms with van der Waals surface area (Å²) >= 11 is 13.1. The van der Waals surface area contributed by atoms with E-state index in [0.29, 0.717) is 11.6 Å². The Morgan fingerprint density at radius 1 is 0.962 bits per heavy atom. The van der Waals surface area contributed by atoms with Crippen LogP contribution in [0.25, 0.3) is 0 Å². The molecule has 0 aliphatic carbocycles. The van der Waals surface area contributed by atoms with E-state index in [1.807, 2.05) is 66.7 Å². The molecule has 6 heteroatoms. The molecule has 0 aliphatic rings. The molecule has 3 rings (SSSR count). The van der Waals surface area contributed by atoms with Crippen molar-refractivity contribution in [3.05, 3.63) is 91.8 Å². The number of nitrogens with zero attached hydrogens (tertiary/aromatic N) is 1. The highest BCUT2D eigenvalue weighted by Crippen LogP contribution is 2.24. The van der Waals surface area contributed by atoms with Crippen LogP contribution in [-0.2, 0) is 6.61 Å². The molecule has 1 N–H and O–H groups in total. The van der Waals surface area contributed by atoms with E-state index in [-0.39, 0.29) is 0 Å². The first-order chi connectivity index (χ1) is 12.6. The van der Waals surface area contributed by atoms with Crippen molar-refractivity contribution < 1.29 is 4.74 Å². The molecule has 3 nitrogen and oxygen atoms in total. The quantitative estimate of drug-likeness (QED) is 0.299. The summed E-state index contributed by atoms with van der Waals surface area (Å²) in [6, 6.07) is 21.2. The highest BCUT2D eigenvalue weighted by Gasteiger charge is 2.05. The third-order valence-electron chi connectivity index (χ3n) is 3.55. The molecule has 0 atom stereocenters. The van der Waals surface area contributed by atoms with Crippen LogP contribution in [0.15, 0.2) is 80.8 Å². The van der Waals surface area contributed by atoms with Gasteiger partial charge in [0.05, 0.1) is 11.9 Å². The van der Waals surface area contributed by atoms with Gasteiger partial charge in [-0.2, -0.15) is 5.10 Å². The second kappa shape index (κ2) is 9.21. The molecular formula is C20H15Br2ClN2O. The fourth-order valence-electron chi connectivity index (χ4n) is 2.22. The van der Waals surface area contributed by atoms with E-state index in [0.717, 1.165) is 31.5 Å². The lowest BCUT2D eigenvalue weighted by atomic mass is 10.2. The minimum absolute atomic E-state index is 0.391. The number of hydrogen-bond acceptors (Lipinski definition) is 3. The molecule has 3 aromatic carbocycles. The maximum Gasteiger partial charge on any atom is 0.128 e. The Hall–Kier alpha value is -1.82. The standard InChI is InChI=1S/C20H15Br2ClN2O/c21-16-5-8-18(9-6-16)25-24-12-15-11-17(22)7-10-20(15)26-13-14-3-1-2-4-19(14)23/h1-12,25H,13H2. The van der Waals surface area contributed by atoms with Gasteiger partial charge < -0.3 is 4.74 Å². The van der Waals surface area contributed by atoms with Crippen LogP contribution >= 0.6 is 43.5 Å². The number of halogens is 3. The SMILES string of the molecule is Clc1ccccc1COc1ccc(Br)cc1C=NNc1ccc(Br)cc1. The summed E-state index contributed by atoms with van der Waals surface area (Å²) < 4.78 is 7.92. The normalized spacial score (nSPS) is 10.9. The van der Waals surface area contributed by atoms with E-state index in [9.17, 15) is 0 Å². The van der Waals surface area contributed by atoms with E-state index in [1.165, 1.54) is 0 Å². The molecule has 0 saturated carbocycles. The molecule has 0 heterocycles. The summed E-state index contributed by atoms with van der Waals surface area (Å²) in [6.45, 7) is 0.391. The van der Waals surface area contributed by atoms with Crippen LogP contribution in [0.2, 0.25) is 5.02 Å². The molecule has 0 unspecified atom stereocenters. The zero-order valence-electron chi connectivity index (χ0n) is 13.6. The van der Waals surface area contributed by atoms with Crippen LogP contribution in [0.5, 0.6) is 5.75 Å². The number of anilines is 1. The van der Waals surface area contributed by atoms with Crippen LogP contribution in [-0.4, -0.2) is 6.21 Å². The van der Waals surface area contributed by atoms with Gasteiger partial charge >= 0.3 is 0 Å². The third-order valence-corrected chi connectivity index (χ3v) is 4.94. The Bertz CT molecular complexity index is 914. The van der Waals surface area contributed by atoms with Gasteiger partial charge in [-0.1, -0.05) is 61.7 Å². The lowest BCUT2D eigenvalue weighted by molar-refractivity contribution is 0.306. The zero-order valence-corrected chi connectivity index (χ0v) is 17.6. The van der Waals surface area contributed by atoms with Crippen LogP contribution in [0.1, 0.15) is 11.1 Å². The van der Waals surface area contributed by atoms with Crippen molar-refractivity contribution in [1.29, 1.82) is 0 Å². The molecule has 132 valence electrons. The second-order valence-corrected chi connectivity index (χ2v) is 7.68.